The summed E-state index contributed by atoms with van der Waals surface area (Å²) < 4.78 is 0. The molecule has 0 unspecified atom stereocenters. The van der Waals surface area contributed by atoms with Gasteiger partial charge in [0.1, 0.15) is 0 Å². The smallest absolute Gasteiger partial charge is 0.234 e. The van der Waals surface area contributed by atoms with E-state index in [1.165, 1.54) is 0 Å². The first-order valence-corrected chi connectivity index (χ1v) is 7.14. The number of piperidine rings is 1. The van der Waals surface area contributed by atoms with Gasteiger partial charge in [0.15, 0.2) is 0 Å². The summed E-state index contributed by atoms with van der Waals surface area (Å²) in [5.74, 6) is 0.803. The van der Waals surface area contributed by atoms with E-state index in [-0.39, 0.29) is 11.3 Å². The summed E-state index contributed by atoms with van der Waals surface area (Å²) in [7, 11) is 0. The van der Waals surface area contributed by atoms with Gasteiger partial charge in [-0.05, 0) is 50.2 Å². The third-order valence-electron chi connectivity index (χ3n) is 3.97. The molecular weight excluding hydrogens is 226 g/mol. The van der Waals surface area contributed by atoms with Crippen LogP contribution in [0.4, 0.5) is 0 Å². The van der Waals surface area contributed by atoms with E-state index in [1.54, 1.807) is 0 Å². The van der Waals surface area contributed by atoms with Crippen molar-refractivity contribution in [3.8, 4) is 0 Å². The molecule has 1 amide bonds. The minimum absolute atomic E-state index is 0.159. The molecular formula is C14H29N3O. The summed E-state index contributed by atoms with van der Waals surface area (Å²) in [6.45, 7) is 10.7. The van der Waals surface area contributed by atoms with Gasteiger partial charge < -0.3 is 11.1 Å². The molecule has 0 radical (unpaired) electrons. The Kier molecular flexibility index (Phi) is 6.09. The van der Waals surface area contributed by atoms with Crippen molar-refractivity contribution >= 4 is 5.91 Å². The number of carbonyl (C=O) groups excluding carboxylic acids is 1. The van der Waals surface area contributed by atoms with Crippen LogP contribution in [0.1, 0.15) is 40.0 Å². The molecule has 0 aromatic carbocycles. The zero-order valence-electron chi connectivity index (χ0n) is 12.2. The second-order valence-corrected chi connectivity index (χ2v) is 6.32. The van der Waals surface area contributed by atoms with Crippen molar-refractivity contribution < 1.29 is 4.79 Å². The lowest BCUT2D eigenvalue weighted by Crippen LogP contribution is -2.46. The first-order chi connectivity index (χ1) is 8.45. The minimum Gasteiger partial charge on any atom is -0.355 e. The number of rotatable bonds is 6. The predicted octanol–water partition coefficient (Wildman–Crippen LogP) is 1.21. The van der Waals surface area contributed by atoms with Crippen LogP contribution in [0.3, 0.4) is 0 Å². The Balaban J connectivity index is 2.18. The monoisotopic (exact) mass is 255 g/mol. The second-order valence-electron chi connectivity index (χ2n) is 6.32. The lowest BCUT2D eigenvalue weighted by molar-refractivity contribution is -0.122. The molecule has 0 bridgehead atoms. The minimum atomic E-state index is 0.159. The van der Waals surface area contributed by atoms with E-state index in [9.17, 15) is 4.79 Å². The van der Waals surface area contributed by atoms with E-state index in [0.29, 0.717) is 12.5 Å². The lowest BCUT2D eigenvalue weighted by Gasteiger charge is -2.38. The molecule has 4 heteroatoms. The summed E-state index contributed by atoms with van der Waals surface area (Å²) in [6, 6.07) is 0. The van der Waals surface area contributed by atoms with Crippen molar-refractivity contribution in [2.45, 2.75) is 40.0 Å². The fourth-order valence-electron chi connectivity index (χ4n) is 2.21. The van der Waals surface area contributed by atoms with Crippen molar-refractivity contribution in [2.24, 2.45) is 17.1 Å². The fraction of sp³-hybridized carbons (Fsp3) is 0.929. The quantitative estimate of drug-likeness (QED) is 0.750. The van der Waals surface area contributed by atoms with Crippen molar-refractivity contribution in [1.29, 1.82) is 0 Å². The summed E-state index contributed by atoms with van der Waals surface area (Å²) in [5.41, 5.74) is 6.06. The average Bonchev–Trinajstić information content (AvgIpc) is 2.32. The highest BCUT2D eigenvalue weighted by atomic mass is 16.2. The molecule has 0 saturated carbocycles. The normalized spacial score (nSPS) is 20.1. The topological polar surface area (TPSA) is 58.4 Å². The van der Waals surface area contributed by atoms with Gasteiger partial charge in [0, 0.05) is 6.54 Å². The summed E-state index contributed by atoms with van der Waals surface area (Å²) in [6.07, 6.45) is 3.25. The lowest BCUT2D eigenvalue weighted by atomic mass is 9.80. The van der Waals surface area contributed by atoms with Gasteiger partial charge in [-0.15, -0.1) is 0 Å². The Labute approximate surface area is 111 Å². The number of nitrogens with one attached hydrogen (secondary N) is 1. The predicted molar refractivity (Wildman–Crippen MR) is 75.3 cm³/mol. The molecule has 0 aliphatic carbocycles. The van der Waals surface area contributed by atoms with Crippen LogP contribution in [0.5, 0.6) is 0 Å². The molecule has 1 rings (SSSR count). The summed E-state index contributed by atoms with van der Waals surface area (Å²) in [5, 5.41) is 2.99. The highest BCUT2D eigenvalue weighted by molar-refractivity contribution is 5.77. The third kappa shape index (κ3) is 5.36. The average molecular weight is 255 g/mol. The molecule has 4 nitrogen and oxygen atoms in total. The molecule has 1 aliphatic rings. The number of carbonyl (C=O) groups is 1. The molecule has 0 spiro atoms. The maximum Gasteiger partial charge on any atom is 0.234 e. The van der Waals surface area contributed by atoms with Crippen LogP contribution in [0, 0.1) is 11.3 Å². The van der Waals surface area contributed by atoms with E-state index < -0.39 is 0 Å². The van der Waals surface area contributed by atoms with E-state index in [2.05, 4.69) is 31.0 Å². The molecule has 1 aliphatic heterocycles. The largest absolute Gasteiger partial charge is 0.355 e. The molecule has 18 heavy (non-hydrogen) atoms. The van der Waals surface area contributed by atoms with E-state index in [4.69, 9.17) is 5.73 Å². The number of likely N-dealkylation sites (tertiary alicyclic amines) is 1. The first kappa shape index (κ1) is 15.4. The van der Waals surface area contributed by atoms with E-state index >= 15 is 0 Å². The SMILES string of the molecule is CC(C)CCNC(=O)CN1CCC(C)(CN)CC1. The van der Waals surface area contributed by atoms with Gasteiger partial charge in [0.2, 0.25) is 5.91 Å². The Hall–Kier alpha value is -0.610. The van der Waals surface area contributed by atoms with Gasteiger partial charge in [-0.3, -0.25) is 9.69 Å². The molecule has 1 fully saturated rings. The summed E-state index contributed by atoms with van der Waals surface area (Å²) >= 11 is 0. The Morgan fingerprint density at radius 3 is 2.50 bits per heavy atom. The zero-order chi connectivity index (χ0) is 13.6. The molecule has 3 N–H and O–H groups in total. The van der Waals surface area contributed by atoms with Crippen molar-refractivity contribution in [3.63, 3.8) is 0 Å². The number of amides is 1. The molecule has 0 aromatic heterocycles. The zero-order valence-corrected chi connectivity index (χ0v) is 12.2. The van der Waals surface area contributed by atoms with Crippen LogP contribution in [0.25, 0.3) is 0 Å². The Morgan fingerprint density at radius 1 is 1.39 bits per heavy atom. The van der Waals surface area contributed by atoms with Crippen molar-refractivity contribution in [3.05, 3.63) is 0 Å². The van der Waals surface area contributed by atoms with Gasteiger partial charge in [-0.1, -0.05) is 20.8 Å². The Bertz CT molecular complexity index is 258. The standard InChI is InChI=1S/C14H29N3O/c1-12(2)4-7-16-13(18)10-17-8-5-14(3,11-15)6-9-17/h12H,4-11,15H2,1-3H3,(H,16,18). The van der Waals surface area contributed by atoms with Crippen LogP contribution in [0.15, 0.2) is 0 Å². The molecule has 0 aromatic rings. The van der Waals surface area contributed by atoms with Crippen LogP contribution >= 0.6 is 0 Å². The fourth-order valence-corrected chi connectivity index (χ4v) is 2.21. The van der Waals surface area contributed by atoms with Gasteiger partial charge in [-0.2, -0.15) is 0 Å². The van der Waals surface area contributed by atoms with Crippen LogP contribution in [-0.4, -0.2) is 43.5 Å². The van der Waals surface area contributed by atoms with Crippen molar-refractivity contribution in [2.75, 3.05) is 32.7 Å². The number of hydrogen-bond donors (Lipinski definition) is 2. The number of hydrogen-bond acceptors (Lipinski definition) is 3. The van der Waals surface area contributed by atoms with E-state index in [0.717, 1.165) is 45.4 Å². The number of nitrogens with zero attached hydrogens (tertiary/aromatic N) is 1. The first-order valence-electron chi connectivity index (χ1n) is 7.14. The molecule has 106 valence electrons. The van der Waals surface area contributed by atoms with Crippen molar-refractivity contribution in [1.82, 2.24) is 10.2 Å². The van der Waals surface area contributed by atoms with Gasteiger partial charge in [-0.25, -0.2) is 0 Å². The van der Waals surface area contributed by atoms with Gasteiger partial charge in [0.05, 0.1) is 6.54 Å². The highest BCUT2D eigenvalue weighted by Gasteiger charge is 2.29. The number of nitrogens with two attached hydrogens (primary N) is 1. The van der Waals surface area contributed by atoms with Crippen LogP contribution in [0.2, 0.25) is 0 Å². The highest BCUT2D eigenvalue weighted by Crippen LogP contribution is 2.29. The van der Waals surface area contributed by atoms with Gasteiger partial charge >= 0.3 is 0 Å². The molecule has 1 saturated heterocycles. The maximum atomic E-state index is 11.7. The van der Waals surface area contributed by atoms with Gasteiger partial charge in [0.25, 0.3) is 0 Å². The Morgan fingerprint density at radius 2 is 2.00 bits per heavy atom. The molecule has 0 atom stereocenters. The van der Waals surface area contributed by atoms with Crippen LogP contribution in [-0.2, 0) is 4.79 Å². The van der Waals surface area contributed by atoms with E-state index in [1.807, 2.05) is 0 Å². The third-order valence-corrected chi connectivity index (χ3v) is 3.97. The maximum absolute atomic E-state index is 11.7. The summed E-state index contributed by atoms with van der Waals surface area (Å²) in [4.78, 5) is 14.0. The molecule has 1 heterocycles. The van der Waals surface area contributed by atoms with Crippen LogP contribution < -0.4 is 11.1 Å². The second kappa shape index (κ2) is 7.10.